The SMILES string of the molecule is O=C(C=c1cc2c(c(=O)n1Cc1ccccc1)=Cc1ccccc1-2)c1ccccc1. The maximum absolute atomic E-state index is 13.5. The van der Waals surface area contributed by atoms with Crippen LogP contribution in [-0.2, 0) is 6.54 Å². The number of fused-ring (bicyclic) bond motifs is 3. The van der Waals surface area contributed by atoms with Gasteiger partial charge in [-0.2, -0.15) is 0 Å². The molecule has 30 heavy (non-hydrogen) atoms. The molecular weight excluding hydrogens is 370 g/mol. The molecule has 0 atom stereocenters. The Hall–Kier alpha value is -3.98. The fourth-order valence-corrected chi connectivity index (χ4v) is 3.94. The van der Waals surface area contributed by atoms with Gasteiger partial charge in [0.1, 0.15) is 0 Å². The Bertz CT molecular complexity index is 1430. The van der Waals surface area contributed by atoms with Crippen LogP contribution < -0.4 is 16.1 Å². The number of Topliss-reactive ketones (excluding diaryl/α,β-unsaturated/α-hetero) is 1. The zero-order valence-electron chi connectivity index (χ0n) is 16.3. The fraction of sp³-hybridized carbons (Fsp3) is 0.0370. The predicted molar refractivity (Wildman–Crippen MR) is 120 cm³/mol. The molecule has 0 N–H and O–H groups in total. The first kappa shape index (κ1) is 18.1. The average molecular weight is 389 g/mol. The second kappa shape index (κ2) is 7.45. The zero-order chi connectivity index (χ0) is 20.5. The molecule has 144 valence electrons. The molecule has 0 amide bonds. The van der Waals surface area contributed by atoms with E-state index in [0.717, 1.165) is 22.3 Å². The molecule has 3 heteroatoms. The second-order valence-corrected chi connectivity index (χ2v) is 7.38. The highest BCUT2D eigenvalue weighted by atomic mass is 16.1. The van der Waals surface area contributed by atoms with Gasteiger partial charge in [-0.25, -0.2) is 0 Å². The lowest BCUT2D eigenvalue weighted by molar-refractivity contribution is 0.106. The summed E-state index contributed by atoms with van der Waals surface area (Å²) >= 11 is 0. The monoisotopic (exact) mass is 389 g/mol. The molecule has 0 bridgehead atoms. The quantitative estimate of drug-likeness (QED) is 0.442. The van der Waals surface area contributed by atoms with E-state index >= 15 is 0 Å². The molecule has 0 saturated carbocycles. The van der Waals surface area contributed by atoms with Crippen LogP contribution >= 0.6 is 0 Å². The van der Waals surface area contributed by atoms with Gasteiger partial charge < -0.3 is 4.57 Å². The van der Waals surface area contributed by atoms with E-state index in [9.17, 15) is 9.59 Å². The number of pyridine rings is 1. The van der Waals surface area contributed by atoms with Gasteiger partial charge in [0.05, 0.1) is 6.54 Å². The molecule has 4 aromatic rings. The van der Waals surface area contributed by atoms with Gasteiger partial charge in [-0.15, -0.1) is 0 Å². The summed E-state index contributed by atoms with van der Waals surface area (Å²) in [6.45, 7) is 0.408. The highest BCUT2D eigenvalue weighted by Crippen LogP contribution is 2.24. The Kier molecular flexibility index (Phi) is 4.49. The normalized spacial score (nSPS) is 12.2. The number of ketones is 1. The Morgan fingerprint density at radius 1 is 0.800 bits per heavy atom. The van der Waals surface area contributed by atoms with Crippen molar-refractivity contribution < 1.29 is 4.79 Å². The average Bonchev–Trinajstić information content (AvgIpc) is 3.16. The van der Waals surface area contributed by atoms with E-state index in [4.69, 9.17) is 0 Å². The summed E-state index contributed by atoms with van der Waals surface area (Å²) in [5.74, 6) is -0.118. The summed E-state index contributed by atoms with van der Waals surface area (Å²) in [6.07, 6.45) is 3.51. The molecule has 1 heterocycles. The van der Waals surface area contributed by atoms with Crippen molar-refractivity contribution >= 4 is 17.9 Å². The van der Waals surface area contributed by atoms with Crippen molar-refractivity contribution in [2.45, 2.75) is 6.54 Å². The van der Waals surface area contributed by atoms with Crippen LogP contribution in [0.1, 0.15) is 21.5 Å². The van der Waals surface area contributed by atoms with E-state index in [1.54, 1.807) is 22.8 Å². The molecular formula is C27H19NO2. The number of benzene rings is 3. The second-order valence-electron chi connectivity index (χ2n) is 7.38. The molecule has 0 unspecified atom stereocenters. The first-order valence-electron chi connectivity index (χ1n) is 9.91. The van der Waals surface area contributed by atoms with E-state index < -0.39 is 0 Å². The maximum atomic E-state index is 13.5. The Balaban J connectivity index is 1.74. The van der Waals surface area contributed by atoms with Crippen LogP contribution in [0, 0.1) is 0 Å². The van der Waals surface area contributed by atoms with Gasteiger partial charge in [0, 0.05) is 22.2 Å². The largest absolute Gasteiger partial charge is 0.304 e. The molecule has 0 aliphatic heterocycles. The molecule has 0 radical (unpaired) electrons. The summed E-state index contributed by atoms with van der Waals surface area (Å²) in [5, 5.41) is 1.29. The number of aromatic nitrogens is 1. The van der Waals surface area contributed by atoms with Crippen molar-refractivity contribution in [1.82, 2.24) is 4.57 Å². The van der Waals surface area contributed by atoms with Crippen molar-refractivity contribution in [2.24, 2.45) is 0 Å². The molecule has 3 aromatic carbocycles. The first-order chi connectivity index (χ1) is 14.7. The zero-order valence-corrected chi connectivity index (χ0v) is 16.3. The van der Waals surface area contributed by atoms with Crippen LogP contribution in [0.4, 0.5) is 0 Å². The third-order valence-corrected chi connectivity index (χ3v) is 5.44. The van der Waals surface area contributed by atoms with Crippen molar-refractivity contribution in [2.75, 3.05) is 0 Å². The van der Waals surface area contributed by atoms with Gasteiger partial charge in [0.2, 0.25) is 0 Å². The van der Waals surface area contributed by atoms with Gasteiger partial charge in [-0.3, -0.25) is 9.59 Å². The van der Waals surface area contributed by atoms with Crippen LogP contribution in [0.3, 0.4) is 0 Å². The summed E-state index contributed by atoms with van der Waals surface area (Å²) in [4.78, 5) is 26.4. The smallest absolute Gasteiger partial charge is 0.259 e. The minimum atomic E-state index is -0.118. The minimum absolute atomic E-state index is 0.0836. The lowest BCUT2D eigenvalue weighted by Gasteiger charge is -2.10. The number of rotatable bonds is 4. The maximum Gasteiger partial charge on any atom is 0.259 e. The van der Waals surface area contributed by atoms with Gasteiger partial charge in [0.15, 0.2) is 5.78 Å². The number of carbonyl (C=O) groups excluding carboxylic acids is 1. The Labute approximate surface area is 173 Å². The van der Waals surface area contributed by atoms with Crippen molar-refractivity contribution in [1.29, 1.82) is 0 Å². The minimum Gasteiger partial charge on any atom is -0.304 e. The number of hydrogen-bond donors (Lipinski definition) is 0. The van der Waals surface area contributed by atoms with E-state index in [0.29, 0.717) is 22.7 Å². The number of carbonyl (C=O) groups is 1. The molecule has 5 rings (SSSR count). The summed E-state index contributed by atoms with van der Waals surface area (Å²) in [6, 6.07) is 28.9. The van der Waals surface area contributed by atoms with Crippen molar-refractivity contribution in [3.05, 3.63) is 129 Å². The number of nitrogens with zero attached hydrogens (tertiary/aromatic N) is 1. The molecule has 3 nitrogen and oxygen atoms in total. The summed E-state index contributed by atoms with van der Waals surface area (Å²) < 4.78 is 1.69. The van der Waals surface area contributed by atoms with E-state index in [-0.39, 0.29) is 11.3 Å². The van der Waals surface area contributed by atoms with Gasteiger partial charge in [0.25, 0.3) is 5.56 Å². The fourth-order valence-electron chi connectivity index (χ4n) is 3.94. The topological polar surface area (TPSA) is 39.1 Å². The van der Waals surface area contributed by atoms with Gasteiger partial charge >= 0.3 is 0 Å². The van der Waals surface area contributed by atoms with E-state index in [1.807, 2.05) is 84.9 Å². The molecule has 0 fully saturated rings. The highest BCUT2D eigenvalue weighted by Gasteiger charge is 2.16. The van der Waals surface area contributed by atoms with Crippen LogP contribution in [0.15, 0.2) is 95.8 Å². The van der Waals surface area contributed by atoms with Crippen molar-refractivity contribution in [3.8, 4) is 11.1 Å². The van der Waals surface area contributed by atoms with Gasteiger partial charge in [-0.1, -0.05) is 84.9 Å². The number of hydrogen-bond acceptors (Lipinski definition) is 2. The molecule has 1 aromatic heterocycles. The highest BCUT2D eigenvalue weighted by molar-refractivity contribution is 6.17. The Morgan fingerprint density at radius 3 is 2.23 bits per heavy atom. The van der Waals surface area contributed by atoms with Crippen LogP contribution in [0.25, 0.3) is 23.3 Å². The molecule has 1 aliphatic rings. The summed E-state index contributed by atoms with van der Waals surface area (Å²) in [5.41, 5.74) is 4.47. The molecule has 0 saturated heterocycles. The summed E-state index contributed by atoms with van der Waals surface area (Å²) in [7, 11) is 0. The third kappa shape index (κ3) is 3.20. The standard InChI is InChI=1S/C27H19NO2/c29-26(20-11-5-2-6-12-20)17-22-16-24-23-14-8-7-13-21(23)15-25(24)27(30)28(22)18-19-9-3-1-4-10-19/h1-17H,18H2. The van der Waals surface area contributed by atoms with E-state index in [1.165, 1.54) is 0 Å². The first-order valence-corrected chi connectivity index (χ1v) is 9.91. The van der Waals surface area contributed by atoms with Crippen LogP contribution in [0.2, 0.25) is 0 Å². The predicted octanol–water partition coefficient (Wildman–Crippen LogP) is 3.37. The Morgan fingerprint density at radius 2 is 1.47 bits per heavy atom. The van der Waals surface area contributed by atoms with Crippen LogP contribution in [-0.4, -0.2) is 10.4 Å². The molecule has 1 aliphatic carbocycles. The van der Waals surface area contributed by atoms with E-state index in [2.05, 4.69) is 0 Å². The lowest BCUT2D eigenvalue weighted by Crippen LogP contribution is -2.43. The lowest BCUT2D eigenvalue weighted by atomic mass is 10.0. The van der Waals surface area contributed by atoms with Crippen LogP contribution in [0.5, 0.6) is 0 Å². The molecule has 0 spiro atoms. The third-order valence-electron chi connectivity index (χ3n) is 5.44. The van der Waals surface area contributed by atoms with Gasteiger partial charge in [-0.05, 0) is 34.4 Å². The van der Waals surface area contributed by atoms with Crippen molar-refractivity contribution in [3.63, 3.8) is 0 Å².